The van der Waals surface area contributed by atoms with Crippen LogP contribution in [0.2, 0.25) is 0 Å². The molecular formula is C16H26O3S2. The summed E-state index contributed by atoms with van der Waals surface area (Å²) < 4.78 is 0. The number of phenols is 1. The van der Waals surface area contributed by atoms with E-state index in [1.165, 1.54) is 0 Å². The summed E-state index contributed by atoms with van der Waals surface area (Å²) in [6.07, 6.45) is 1.84. The van der Waals surface area contributed by atoms with Crippen LogP contribution in [0.4, 0.5) is 0 Å². The fourth-order valence-corrected chi connectivity index (χ4v) is 4.34. The molecule has 2 atom stereocenters. The number of thioether (sulfide) groups is 2. The lowest BCUT2D eigenvalue weighted by molar-refractivity contribution is 0.322. The first-order valence-corrected chi connectivity index (χ1v) is 9.55. The SMILES string of the molecule is CCC(SCCO)c1cccc(C(CC)SCCO)c1O. The number of hydrogen-bond donors (Lipinski definition) is 3. The number of aliphatic hydroxyl groups excluding tert-OH is 2. The van der Waals surface area contributed by atoms with Crippen molar-refractivity contribution >= 4 is 23.5 Å². The van der Waals surface area contributed by atoms with Gasteiger partial charge < -0.3 is 15.3 Å². The molecule has 0 saturated carbocycles. The molecule has 0 aromatic heterocycles. The van der Waals surface area contributed by atoms with Gasteiger partial charge in [-0.05, 0) is 12.8 Å². The van der Waals surface area contributed by atoms with Crippen LogP contribution in [-0.4, -0.2) is 40.0 Å². The largest absolute Gasteiger partial charge is 0.507 e. The zero-order valence-corrected chi connectivity index (χ0v) is 14.4. The molecular weight excluding hydrogens is 304 g/mol. The summed E-state index contributed by atoms with van der Waals surface area (Å²) in [6.45, 7) is 4.51. The highest BCUT2D eigenvalue weighted by Crippen LogP contribution is 2.43. The Morgan fingerprint density at radius 2 is 1.33 bits per heavy atom. The minimum atomic E-state index is 0.158. The van der Waals surface area contributed by atoms with Crippen molar-refractivity contribution in [3.05, 3.63) is 29.3 Å². The number of para-hydroxylation sites is 1. The first kappa shape index (κ1) is 18.7. The van der Waals surface area contributed by atoms with Crippen LogP contribution in [0.25, 0.3) is 0 Å². The van der Waals surface area contributed by atoms with E-state index in [1.807, 2.05) is 18.2 Å². The molecule has 0 aliphatic carbocycles. The van der Waals surface area contributed by atoms with Gasteiger partial charge in [0, 0.05) is 33.1 Å². The Morgan fingerprint density at radius 3 is 1.67 bits per heavy atom. The van der Waals surface area contributed by atoms with E-state index in [9.17, 15) is 5.11 Å². The van der Waals surface area contributed by atoms with Crippen LogP contribution < -0.4 is 0 Å². The molecule has 1 aromatic rings. The number of rotatable bonds is 10. The van der Waals surface area contributed by atoms with Gasteiger partial charge in [-0.25, -0.2) is 0 Å². The van der Waals surface area contributed by atoms with Crippen molar-refractivity contribution in [2.75, 3.05) is 24.7 Å². The minimum Gasteiger partial charge on any atom is -0.507 e. The average molecular weight is 331 g/mol. The molecule has 0 bridgehead atoms. The van der Waals surface area contributed by atoms with Gasteiger partial charge in [0.2, 0.25) is 0 Å². The third kappa shape index (κ3) is 5.40. The van der Waals surface area contributed by atoms with E-state index in [1.54, 1.807) is 23.5 Å². The highest BCUT2D eigenvalue weighted by Gasteiger charge is 2.20. The first-order chi connectivity index (χ1) is 10.2. The Kier molecular flexibility index (Phi) is 9.24. The van der Waals surface area contributed by atoms with Crippen LogP contribution in [0.15, 0.2) is 18.2 Å². The van der Waals surface area contributed by atoms with Crippen LogP contribution in [0.5, 0.6) is 5.75 Å². The van der Waals surface area contributed by atoms with Crippen molar-refractivity contribution in [2.24, 2.45) is 0 Å². The van der Waals surface area contributed by atoms with Crippen molar-refractivity contribution in [3.8, 4) is 5.75 Å². The van der Waals surface area contributed by atoms with E-state index < -0.39 is 0 Å². The summed E-state index contributed by atoms with van der Waals surface area (Å²) in [5.41, 5.74) is 1.91. The van der Waals surface area contributed by atoms with Crippen molar-refractivity contribution in [3.63, 3.8) is 0 Å². The number of aromatic hydroxyl groups is 1. The van der Waals surface area contributed by atoms with Gasteiger partial charge in [0.1, 0.15) is 5.75 Å². The van der Waals surface area contributed by atoms with Gasteiger partial charge in [-0.15, -0.1) is 0 Å². The second-order valence-corrected chi connectivity index (χ2v) is 7.39. The fraction of sp³-hybridized carbons (Fsp3) is 0.625. The van der Waals surface area contributed by atoms with E-state index in [2.05, 4.69) is 13.8 Å². The number of benzene rings is 1. The van der Waals surface area contributed by atoms with Gasteiger partial charge in [-0.1, -0.05) is 32.0 Å². The lowest BCUT2D eigenvalue weighted by Gasteiger charge is -2.21. The molecule has 120 valence electrons. The van der Waals surface area contributed by atoms with Gasteiger partial charge in [-0.3, -0.25) is 0 Å². The third-order valence-electron chi connectivity index (χ3n) is 3.35. The van der Waals surface area contributed by atoms with Crippen molar-refractivity contribution in [1.82, 2.24) is 0 Å². The molecule has 21 heavy (non-hydrogen) atoms. The van der Waals surface area contributed by atoms with Gasteiger partial charge >= 0.3 is 0 Å². The average Bonchev–Trinajstić information content (AvgIpc) is 2.51. The van der Waals surface area contributed by atoms with Crippen molar-refractivity contribution < 1.29 is 15.3 Å². The molecule has 5 heteroatoms. The second-order valence-electron chi connectivity index (χ2n) is 4.77. The van der Waals surface area contributed by atoms with Gasteiger partial charge in [-0.2, -0.15) is 23.5 Å². The van der Waals surface area contributed by atoms with Crippen molar-refractivity contribution in [2.45, 2.75) is 37.2 Å². The Hall–Kier alpha value is -0.360. The lowest BCUT2D eigenvalue weighted by Crippen LogP contribution is -2.02. The molecule has 0 spiro atoms. The van der Waals surface area contributed by atoms with Crippen LogP contribution >= 0.6 is 23.5 Å². The van der Waals surface area contributed by atoms with E-state index in [0.717, 1.165) is 24.0 Å². The zero-order chi connectivity index (χ0) is 15.7. The van der Waals surface area contributed by atoms with E-state index in [0.29, 0.717) is 17.3 Å². The smallest absolute Gasteiger partial charge is 0.124 e. The molecule has 3 N–H and O–H groups in total. The first-order valence-electron chi connectivity index (χ1n) is 7.46. The van der Waals surface area contributed by atoms with Crippen LogP contribution in [0.3, 0.4) is 0 Å². The number of hydrogen-bond acceptors (Lipinski definition) is 5. The quantitative estimate of drug-likeness (QED) is 0.610. The monoisotopic (exact) mass is 330 g/mol. The molecule has 1 aromatic carbocycles. The standard InChI is InChI=1S/C16H26O3S2/c1-3-14(20-10-8-17)12-6-5-7-13(16(12)19)15(4-2)21-11-9-18/h5-7,14-15,17-19H,3-4,8-11H2,1-2H3. The van der Waals surface area contributed by atoms with Crippen LogP contribution in [0.1, 0.15) is 48.3 Å². The maximum absolute atomic E-state index is 10.6. The molecule has 0 radical (unpaired) electrons. The van der Waals surface area contributed by atoms with E-state index in [-0.39, 0.29) is 23.7 Å². The fourth-order valence-electron chi connectivity index (χ4n) is 2.34. The normalized spacial score (nSPS) is 14.1. The van der Waals surface area contributed by atoms with Gasteiger partial charge in [0.05, 0.1) is 13.2 Å². The Morgan fingerprint density at radius 1 is 0.905 bits per heavy atom. The predicted octanol–water partition coefficient (Wildman–Crippen LogP) is 3.75. The Bertz CT molecular complexity index is 378. The van der Waals surface area contributed by atoms with E-state index >= 15 is 0 Å². The lowest BCUT2D eigenvalue weighted by atomic mass is 10.0. The maximum Gasteiger partial charge on any atom is 0.124 e. The molecule has 1 rings (SSSR count). The Balaban J connectivity index is 2.99. The Labute approximate surface area is 136 Å². The minimum absolute atomic E-state index is 0.158. The van der Waals surface area contributed by atoms with Gasteiger partial charge in [0.25, 0.3) is 0 Å². The van der Waals surface area contributed by atoms with Crippen LogP contribution in [-0.2, 0) is 0 Å². The second kappa shape index (κ2) is 10.4. The van der Waals surface area contributed by atoms with E-state index in [4.69, 9.17) is 10.2 Å². The summed E-state index contributed by atoms with van der Waals surface area (Å²) in [6, 6.07) is 5.94. The molecule has 3 nitrogen and oxygen atoms in total. The molecule has 0 heterocycles. The topological polar surface area (TPSA) is 60.7 Å². The summed E-state index contributed by atoms with van der Waals surface area (Å²) in [5.74, 6) is 1.74. The number of aliphatic hydroxyl groups is 2. The summed E-state index contributed by atoms with van der Waals surface area (Å²) in [4.78, 5) is 0. The molecule has 0 fully saturated rings. The summed E-state index contributed by atoms with van der Waals surface area (Å²) >= 11 is 3.36. The molecule has 0 amide bonds. The zero-order valence-electron chi connectivity index (χ0n) is 12.8. The summed E-state index contributed by atoms with van der Waals surface area (Å²) in [5, 5.41) is 29.0. The maximum atomic E-state index is 10.6. The third-order valence-corrected chi connectivity index (χ3v) is 6.17. The molecule has 0 aliphatic heterocycles. The highest BCUT2D eigenvalue weighted by molar-refractivity contribution is 7.99. The predicted molar refractivity (Wildman–Crippen MR) is 93.3 cm³/mol. The highest BCUT2D eigenvalue weighted by atomic mass is 32.2. The summed E-state index contributed by atoms with van der Waals surface area (Å²) in [7, 11) is 0. The molecule has 2 unspecified atom stereocenters. The van der Waals surface area contributed by atoms with Gasteiger partial charge in [0.15, 0.2) is 0 Å². The molecule has 0 aliphatic rings. The molecule has 0 saturated heterocycles. The van der Waals surface area contributed by atoms with Crippen LogP contribution in [0, 0.1) is 0 Å². The van der Waals surface area contributed by atoms with Crippen molar-refractivity contribution in [1.29, 1.82) is 0 Å². The number of phenolic OH excluding ortho intramolecular Hbond substituents is 1.